The van der Waals surface area contributed by atoms with E-state index in [1.54, 1.807) is 0 Å². The minimum atomic E-state index is 0.567. The Balaban J connectivity index is 1.42. The number of nitrogens with one attached hydrogen (secondary N) is 2. The van der Waals surface area contributed by atoms with Gasteiger partial charge in [0.05, 0.1) is 0 Å². The first-order valence-corrected chi connectivity index (χ1v) is 8.16. The van der Waals surface area contributed by atoms with Gasteiger partial charge in [-0.25, -0.2) is 0 Å². The second kappa shape index (κ2) is 7.14. The van der Waals surface area contributed by atoms with E-state index in [0.717, 1.165) is 24.5 Å². The number of benzene rings is 1. The van der Waals surface area contributed by atoms with Crippen LogP contribution in [0.25, 0.3) is 0 Å². The molecule has 116 valence electrons. The third kappa shape index (κ3) is 4.11. The zero-order valence-electron chi connectivity index (χ0n) is 12.9. The van der Waals surface area contributed by atoms with E-state index in [4.69, 9.17) is 9.47 Å². The van der Waals surface area contributed by atoms with E-state index in [2.05, 4.69) is 29.7 Å². The first-order chi connectivity index (χ1) is 10.3. The quantitative estimate of drug-likeness (QED) is 0.842. The highest BCUT2D eigenvalue weighted by Crippen LogP contribution is 2.30. The molecular formula is C17H26N2O2. The Kier molecular flexibility index (Phi) is 4.99. The lowest BCUT2D eigenvalue weighted by Crippen LogP contribution is -2.34. The second-order valence-electron chi connectivity index (χ2n) is 6.11. The summed E-state index contributed by atoms with van der Waals surface area (Å²) in [5.41, 5.74) is 1.30. The van der Waals surface area contributed by atoms with Crippen LogP contribution >= 0.6 is 0 Å². The molecule has 1 saturated heterocycles. The summed E-state index contributed by atoms with van der Waals surface area (Å²) in [6, 6.07) is 7.55. The van der Waals surface area contributed by atoms with Crippen LogP contribution in [0.5, 0.6) is 11.5 Å². The van der Waals surface area contributed by atoms with Gasteiger partial charge >= 0.3 is 0 Å². The Labute approximate surface area is 127 Å². The zero-order chi connectivity index (χ0) is 14.5. The minimum absolute atomic E-state index is 0.567. The van der Waals surface area contributed by atoms with Gasteiger partial charge in [0, 0.05) is 12.1 Å². The monoisotopic (exact) mass is 290 g/mol. The van der Waals surface area contributed by atoms with Crippen LogP contribution < -0.4 is 20.1 Å². The molecule has 0 saturated carbocycles. The van der Waals surface area contributed by atoms with Crippen LogP contribution in [0, 0.1) is 0 Å². The lowest BCUT2D eigenvalue weighted by atomic mass is 10.1. The fourth-order valence-electron chi connectivity index (χ4n) is 3.17. The Bertz CT molecular complexity index is 458. The van der Waals surface area contributed by atoms with Crippen molar-refractivity contribution >= 4 is 0 Å². The summed E-state index contributed by atoms with van der Waals surface area (Å²) in [5.74, 6) is 1.76. The molecule has 0 aliphatic carbocycles. The van der Waals surface area contributed by atoms with Crippen molar-refractivity contribution < 1.29 is 9.47 Å². The number of hydrogen-bond acceptors (Lipinski definition) is 4. The molecule has 1 fully saturated rings. The van der Waals surface area contributed by atoms with E-state index in [1.165, 1.54) is 31.4 Å². The molecule has 2 N–H and O–H groups in total. The summed E-state index contributed by atoms with van der Waals surface area (Å²) in [5, 5.41) is 7.19. The molecule has 2 atom stereocenters. The summed E-state index contributed by atoms with van der Waals surface area (Å²) in [7, 11) is 0. The van der Waals surface area contributed by atoms with Gasteiger partial charge in [-0.05, 0) is 63.4 Å². The zero-order valence-corrected chi connectivity index (χ0v) is 12.9. The van der Waals surface area contributed by atoms with Gasteiger partial charge in [0.25, 0.3) is 0 Å². The van der Waals surface area contributed by atoms with Crippen LogP contribution in [0.3, 0.4) is 0 Å². The van der Waals surface area contributed by atoms with Crippen LogP contribution in [0.4, 0.5) is 0 Å². The van der Waals surface area contributed by atoms with E-state index in [1.807, 2.05) is 6.07 Å². The molecule has 2 aliphatic rings. The topological polar surface area (TPSA) is 42.5 Å². The van der Waals surface area contributed by atoms with Gasteiger partial charge in [0.15, 0.2) is 11.5 Å². The molecule has 4 nitrogen and oxygen atoms in total. The van der Waals surface area contributed by atoms with Crippen LogP contribution in [0.1, 0.15) is 31.7 Å². The largest absolute Gasteiger partial charge is 0.486 e. The lowest BCUT2D eigenvalue weighted by Gasteiger charge is -2.20. The number of fused-ring (bicyclic) bond motifs is 1. The molecule has 3 rings (SSSR count). The van der Waals surface area contributed by atoms with Gasteiger partial charge in [0.1, 0.15) is 13.2 Å². The van der Waals surface area contributed by atoms with Crippen molar-refractivity contribution in [3.05, 3.63) is 23.8 Å². The Hall–Kier alpha value is -1.26. The van der Waals surface area contributed by atoms with Crippen molar-refractivity contribution in [2.45, 2.75) is 44.7 Å². The van der Waals surface area contributed by atoms with Crippen molar-refractivity contribution in [1.29, 1.82) is 0 Å². The smallest absolute Gasteiger partial charge is 0.161 e. The van der Waals surface area contributed by atoms with Crippen molar-refractivity contribution in [2.75, 3.05) is 26.3 Å². The predicted octanol–water partition coefficient (Wildman–Crippen LogP) is 2.12. The standard InChI is InChI=1S/C17H26N2O2/c1-13(11-15-3-2-7-19-15)18-8-6-14-4-5-16-17(12-14)21-10-9-20-16/h4-5,12-13,15,18-19H,2-3,6-11H2,1H3. The molecule has 2 heterocycles. The number of hydrogen-bond donors (Lipinski definition) is 2. The maximum absolute atomic E-state index is 5.63. The Morgan fingerprint density at radius 3 is 2.95 bits per heavy atom. The average molecular weight is 290 g/mol. The highest BCUT2D eigenvalue weighted by molar-refractivity contribution is 5.43. The molecule has 0 aromatic heterocycles. The summed E-state index contributed by atoms with van der Waals surface area (Å²) in [6.45, 7) is 5.78. The van der Waals surface area contributed by atoms with Gasteiger partial charge < -0.3 is 20.1 Å². The highest BCUT2D eigenvalue weighted by atomic mass is 16.6. The van der Waals surface area contributed by atoms with E-state index >= 15 is 0 Å². The first-order valence-electron chi connectivity index (χ1n) is 8.16. The molecule has 0 spiro atoms. The lowest BCUT2D eigenvalue weighted by molar-refractivity contribution is 0.171. The predicted molar refractivity (Wildman–Crippen MR) is 84.2 cm³/mol. The number of ether oxygens (including phenoxy) is 2. The maximum Gasteiger partial charge on any atom is 0.161 e. The molecule has 0 radical (unpaired) electrons. The summed E-state index contributed by atoms with van der Waals surface area (Å²) < 4.78 is 11.2. The second-order valence-corrected chi connectivity index (χ2v) is 6.11. The fraction of sp³-hybridized carbons (Fsp3) is 0.647. The first kappa shape index (κ1) is 14.7. The van der Waals surface area contributed by atoms with Crippen LogP contribution in [0.15, 0.2) is 18.2 Å². The van der Waals surface area contributed by atoms with Gasteiger partial charge in [-0.3, -0.25) is 0 Å². The SMILES string of the molecule is CC(CC1CCCN1)NCCc1ccc2c(c1)OCCO2. The van der Waals surface area contributed by atoms with Crippen LogP contribution in [-0.2, 0) is 6.42 Å². The summed E-state index contributed by atoms with van der Waals surface area (Å²) in [6.07, 6.45) is 4.91. The van der Waals surface area contributed by atoms with E-state index < -0.39 is 0 Å². The molecule has 2 unspecified atom stereocenters. The fourth-order valence-corrected chi connectivity index (χ4v) is 3.17. The molecule has 1 aromatic rings. The Morgan fingerprint density at radius 2 is 2.14 bits per heavy atom. The van der Waals surface area contributed by atoms with Gasteiger partial charge in [-0.15, -0.1) is 0 Å². The highest BCUT2D eigenvalue weighted by Gasteiger charge is 2.16. The van der Waals surface area contributed by atoms with Gasteiger partial charge in [-0.2, -0.15) is 0 Å². The van der Waals surface area contributed by atoms with Gasteiger partial charge in [0.2, 0.25) is 0 Å². The average Bonchev–Trinajstić information content (AvgIpc) is 3.00. The molecule has 0 amide bonds. The number of rotatable bonds is 6. The van der Waals surface area contributed by atoms with Crippen LogP contribution in [-0.4, -0.2) is 38.4 Å². The molecular weight excluding hydrogens is 264 g/mol. The molecule has 21 heavy (non-hydrogen) atoms. The molecule has 1 aromatic carbocycles. The van der Waals surface area contributed by atoms with E-state index in [9.17, 15) is 0 Å². The third-order valence-electron chi connectivity index (χ3n) is 4.31. The Morgan fingerprint density at radius 1 is 1.29 bits per heavy atom. The van der Waals surface area contributed by atoms with Gasteiger partial charge in [-0.1, -0.05) is 6.07 Å². The summed E-state index contributed by atoms with van der Waals surface area (Å²) in [4.78, 5) is 0. The molecule has 2 aliphatic heterocycles. The molecule has 0 bridgehead atoms. The summed E-state index contributed by atoms with van der Waals surface area (Å²) >= 11 is 0. The van der Waals surface area contributed by atoms with Crippen molar-refractivity contribution in [1.82, 2.24) is 10.6 Å². The minimum Gasteiger partial charge on any atom is -0.486 e. The maximum atomic E-state index is 5.63. The van der Waals surface area contributed by atoms with Crippen molar-refractivity contribution in [2.24, 2.45) is 0 Å². The van der Waals surface area contributed by atoms with Crippen molar-refractivity contribution in [3.63, 3.8) is 0 Å². The normalized spacial score (nSPS) is 22.2. The van der Waals surface area contributed by atoms with Crippen molar-refractivity contribution in [3.8, 4) is 11.5 Å². The van der Waals surface area contributed by atoms with E-state index in [0.29, 0.717) is 25.3 Å². The van der Waals surface area contributed by atoms with E-state index in [-0.39, 0.29) is 0 Å². The molecule has 4 heteroatoms. The third-order valence-corrected chi connectivity index (χ3v) is 4.31. The van der Waals surface area contributed by atoms with Crippen LogP contribution in [0.2, 0.25) is 0 Å².